The van der Waals surface area contributed by atoms with Crippen LogP contribution in [0.25, 0.3) is 11.7 Å². The van der Waals surface area contributed by atoms with E-state index in [-0.39, 0.29) is 11.5 Å². The summed E-state index contributed by atoms with van der Waals surface area (Å²) in [5.74, 6) is -0.122. The number of ether oxygens (including phenoxy) is 2. The van der Waals surface area contributed by atoms with Crippen molar-refractivity contribution in [2.24, 2.45) is 0 Å². The molecule has 0 atom stereocenters. The third-order valence-electron chi connectivity index (χ3n) is 5.85. The topological polar surface area (TPSA) is 76.4 Å². The van der Waals surface area contributed by atoms with Gasteiger partial charge in [0.1, 0.15) is 15.8 Å². The van der Waals surface area contributed by atoms with Crippen LogP contribution in [-0.2, 0) is 14.3 Å². The highest BCUT2D eigenvalue weighted by Crippen LogP contribution is 2.36. The number of rotatable bonds is 3. The van der Waals surface area contributed by atoms with Crippen LogP contribution in [0.3, 0.4) is 0 Å². The molecule has 8 nitrogen and oxygen atoms in total. The molecule has 3 fully saturated rings. The van der Waals surface area contributed by atoms with Crippen molar-refractivity contribution in [1.29, 1.82) is 0 Å². The lowest BCUT2D eigenvalue weighted by Gasteiger charge is -2.38. The Kier molecular flexibility index (Phi) is 5.33. The van der Waals surface area contributed by atoms with E-state index in [0.29, 0.717) is 71.9 Å². The van der Waals surface area contributed by atoms with Crippen molar-refractivity contribution >= 4 is 51.7 Å². The average molecular weight is 459 g/mol. The van der Waals surface area contributed by atoms with E-state index in [9.17, 15) is 9.59 Å². The standard InChI is InChI=1S/C21H22N4O4S2/c1-2-24-19(27)15(31-20(24)30)13-14-17(22-16-5-3-4-8-25(16)18(14)26)23-9-6-21(7-10-23)28-11-12-29-21/h3-5,8,13H,2,6-7,9-12H2,1H3. The summed E-state index contributed by atoms with van der Waals surface area (Å²) in [6.07, 6.45) is 4.72. The first-order chi connectivity index (χ1) is 15.0. The molecule has 3 aliphatic rings. The number of likely N-dealkylation sites (N-methyl/N-ethyl adjacent to an activating group) is 1. The number of amides is 1. The van der Waals surface area contributed by atoms with Gasteiger partial charge in [-0.25, -0.2) is 4.98 Å². The number of carbonyl (C=O) groups excluding carboxylic acids is 1. The SMILES string of the molecule is CCN1C(=O)C(=Cc2c(N3CCC4(CC3)OCCO4)nc3ccccn3c2=O)SC1=S. The van der Waals surface area contributed by atoms with E-state index in [2.05, 4.69) is 4.90 Å². The molecule has 0 radical (unpaired) electrons. The fraction of sp³-hybridized carbons (Fsp3) is 0.429. The van der Waals surface area contributed by atoms with Gasteiger partial charge in [-0.15, -0.1) is 0 Å². The Hall–Kier alpha value is -2.27. The molecule has 5 rings (SSSR count). The van der Waals surface area contributed by atoms with Gasteiger partial charge < -0.3 is 14.4 Å². The number of aromatic nitrogens is 2. The lowest BCUT2D eigenvalue weighted by Crippen LogP contribution is -2.46. The van der Waals surface area contributed by atoms with Gasteiger partial charge in [0.2, 0.25) is 0 Å². The van der Waals surface area contributed by atoms with Crippen molar-refractivity contribution in [3.05, 3.63) is 45.2 Å². The van der Waals surface area contributed by atoms with Crippen LogP contribution >= 0.6 is 24.0 Å². The number of fused-ring (bicyclic) bond motifs is 1. The van der Waals surface area contributed by atoms with E-state index >= 15 is 0 Å². The minimum absolute atomic E-state index is 0.175. The minimum Gasteiger partial charge on any atom is -0.355 e. The molecule has 0 bridgehead atoms. The summed E-state index contributed by atoms with van der Waals surface area (Å²) in [4.78, 5) is 35.0. The van der Waals surface area contributed by atoms with Crippen LogP contribution in [0.2, 0.25) is 0 Å². The van der Waals surface area contributed by atoms with E-state index in [0.717, 1.165) is 0 Å². The third kappa shape index (κ3) is 3.57. The van der Waals surface area contributed by atoms with E-state index in [1.807, 2.05) is 13.0 Å². The highest BCUT2D eigenvalue weighted by Gasteiger charge is 2.40. The van der Waals surface area contributed by atoms with Crippen LogP contribution in [0.4, 0.5) is 5.82 Å². The fourth-order valence-electron chi connectivity index (χ4n) is 4.21. The van der Waals surface area contributed by atoms with Gasteiger partial charge in [0.05, 0.1) is 23.7 Å². The molecule has 3 saturated heterocycles. The number of hydrogen-bond acceptors (Lipinski definition) is 8. The summed E-state index contributed by atoms with van der Waals surface area (Å²) in [7, 11) is 0. The highest BCUT2D eigenvalue weighted by molar-refractivity contribution is 8.26. The van der Waals surface area contributed by atoms with E-state index in [1.165, 1.54) is 21.1 Å². The number of nitrogens with zero attached hydrogens (tertiary/aromatic N) is 4. The molecular formula is C21H22N4O4S2. The molecule has 0 unspecified atom stereocenters. The number of piperidine rings is 1. The zero-order valence-electron chi connectivity index (χ0n) is 17.1. The first-order valence-corrected chi connectivity index (χ1v) is 11.5. The predicted molar refractivity (Wildman–Crippen MR) is 123 cm³/mol. The second kappa shape index (κ2) is 8.01. The van der Waals surface area contributed by atoms with Crippen LogP contribution in [0.15, 0.2) is 34.1 Å². The molecule has 0 saturated carbocycles. The van der Waals surface area contributed by atoms with Crippen LogP contribution in [0.5, 0.6) is 0 Å². The summed E-state index contributed by atoms with van der Waals surface area (Å²) in [5.41, 5.74) is 0.745. The van der Waals surface area contributed by atoms with Crippen molar-refractivity contribution in [1.82, 2.24) is 14.3 Å². The number of thiocarbonyl (C=S) groups is 1. The summed E-state index contributed by atoms with van der Waals surface area (Å²) in [6, 6.07) is 5.44. The summed E-state index contributed by atoms with van der Waals surface area (Å²) < 4.78 is 13.7. The molecule has 2 aromatic heterocycles. The molecular weight excluding hydrogens is 436 g/mol. The Bertz CT molecular complexity index is 1150. The van der Waals surface area contributed by atoms with Crippen LogP contribution in [0, 0.1) is 0 Å². The monoisotopic (exact) mass is 458 g/mol. The van der Waals surface area contributed by atoms with Gasteiger partial charge in [-0.1, -0.05) is 30.0 Å². The number of anilines is 1. The number of hydrogen-bond donors (Lipinski definition) is 0. The molecule has 3 aliphatic heterocycles. The smallest absolute Gasteiger partial charge is 0.267 e. The molecule has 0 aromatic carbocycles. The maximum atomic E-state index is 13.4. The zero-order chi connectivity index (χ0) is 21.6. The average Bonchev–Trinajstić information content (AvgIpc) is 3.34. The quantitative estimate of drug-likeness (QED) is 0.512. The normalized spacial score (nSPS) is 22.4. The molecule has 10 heteroatoms. The Morgan fingerprint density at radius 1 is 1.23 bits per heavy atom. The lowest BCUT2D eigenvalue weighted by atomic mass is 10.0. The highest BCUT2D eigenvalue weighted by atomic mass is 32.2. The summed E-state index contributed by atoms with van der Waals surface area (Å²) >= 11 is 6.55. The van der Waals surface area contributed by atoms with Gasteiger partial charge in [-0.3, -0.25) is 18.9 Å². The van der Waals surface area contributed by atoms with Gasteiger partial charge in [0, 0.05) is 38.7 Å². The maximum Gasteiger partial charge on any atom is 0.267 e. The van der Waals surface area contributed by atoms with Gasteiger partial charge in [0.25, 0.3) is 11.5 Å². The molecule has 0 N–H and O–H groups in total. The minimum atomic E-state index is -0.522. The van der Waals surface area contributed by atoms with Crippen LogP contribution in [-0.4, -0.2) is 63.1 Å². The van der Waals surface area contributed by atoms with Gasteiger partial charge in [-0.05, 0) is 25.1 Å². The van der Waals surface area contributed by atoms with E-state index in [1.54, 1.807) is 24.4 Å². The molecule has 2 aromatic rings. The van der Waals surface area contributed by atoms with Crippen molar-refractivity contribution < 1.29 is 14.3 Å². The summed E-state index contributed by atoms with van der Waals surface area (Å²) in [5, 5.41) is 0. The first kappa shape index (κ1) is 20.6. The number of pyridine rings is 1. The molecule has 31 heavy (non-hydrogen) atoms. The fourth-order valence-corrected chi connectivity index (χ4v) is 5.57. The molecule has 0 aliphatic carbocycles. The Morgan fingerprint density at radius 3 is 2.65 bits per heavy atom. The Balaban J connectivity index is 1.58. The van der Waals surface area contributed by atoms with E-state index < -0.39 is 5.79 Å². The largest absolute Gasteiger partial charge is 0.355 e. The first-order valence-electron chi connectivity index (χ1n) is 10.3. The van der Waals surface area contributed by atoms with Crippen LogP contribution in [0.1, 0.15) is 25.3 Å². The molecule has 1 amide bonds. The summed E-state index contributed by atoms with van der Waals surface area (Å²) in [6.45, 7) is 4.89. The zero-order valence-corrected chi connectivity index (χ0v) is 18.7. The molecule has 162 valence electrons. The maximum absolute atomic E-state index is 13.4. The molecule has 1 spiro atoms. The van der Waals surface area contributed by atoms with E-state index in [4.69, 9.17) is 26.7 Å². The Morgan fingerprint density at radius 2 is 1.97 bits per heavy atom. The number of carbonyl (C=O) groups is 1. The van der Waals surface area contributed by atoms with Gasteiger partial charge >= 0.3 is 0 Å². The van der Waals surface area contributed by atoms with Gasteiger partial charge in [-0.2, -0.15) is 0 Å². The number of thioether (sulfide) groups is 1. The van der Waals surface area contributed by atoms with Crippen molar-refractivity contribution in [3.8, 4) is 0 Å². The second-order valence-corrected chi connectivity index (χ2v) is 9.28. The van der Waals surface area contributed by atoms with Crippen LogP contribution < -0.4 is 10.5 Å². The van der Waals surface area contributed by atoms with Gasteiger partial charge in [0.15, 0.2) is 5.79 Å². The van der Waals surface area contributed by atoms with Crippen molar-refractivity contribution in [2.45, 2.75) is 25.6 Å². The lowest BCUT2D eigenvalue weighted by molar-refractivity contribution is -0.169. The molecule has 5 heterocycles. The Labute approximate surface area is 188 Å². The predicted octanol–water partition coefficient (Wildman–Crippen LogP) is 2.26. The van der Waals surface area contributed by atoms with Crippen molar-refractivity contribution in [2.75, 3.05) is 37.7 Å². The third-order valence-corrected chi connectivity index (χ3v) is 7.23. The van der Waals surface area contributed by atoms with Crippen molar-refractivity contribution in [3.63, 3.8) is 0 Å². The second-order valence-electron chi connectivity index (χ2n) is 7.60.